The maximum Gasteiger partial charge on any atom is 0.334 e. The van der Waals surface area contributed by atoms with Crippen molar-refractivity contribution in [1.29, 1.82) is 0 Å². The number of benzene rings is 3. The molecule has 1 unspecified atom stereocenters. The number of fused-ring (bicyclic) bond motifs is 1. The molecule has 0 radical (unpaired) electrons. The highest BCUT2D eigenvalue weighted by molar-refractivity contribution is 5.92. The Balaban J connectivity index is 1.54. The minimum absolute atomic E-state index is 0.0423. The zero-order chi connectivity index (χ0) is 32.2. The fraction of sp³-hybridized carbons (Fsp3) is 0.303. The number of hydrogen-bond donors (Lipinski definition) is 2. The third-order valence-corrected chi connectivity index (χ3v) is 7.93. The molecule has 3 aromatic carbocycles. The van der Waals surface area contributed by atoms with E-state index in [1.54, 1.807) is 31.1 Å². The van der Waals surface area contributed by atoms with Crippen LogP contribution in [-0.4, -0.2) is 88.7 Å². The van der Waals surface area contributed by atoms with Crippen LogP contribution in [0.25, 0.3) is 0 Å². The number of rotatable bonds is 8. The number of carbonyl (C=O) groups is 3. The third kappa shape index (κ3) is 6.68. The number of phenolic OH excluding ortho intramolecular Hbond substituents is 1. The number of hydrogen-bond acceptors (Lipinski definition) is 6. The molecular formula is C33H34F2N6O4. The number of phenols is 1. The van der Waals surface area contributed by atoms with Crippen molar-refractivity contribution in [3.05, 3.63) is 95.1 Å². The van der Waals surface area contributed by atoms with Crippen molar-refractivity contribution in [3.63, 3.8) is 0 Å². The van der Waals surface area contributed by atoms with E-state index < -0.39 is 35.8 Å². The number of carbonyl (C=O) groups excluding carboxylic acids is 3. The zero-order valence-electron chi connectivity index (χ0n) is 25.0. The maximum atomic E-state index is 14.5. The number of hydrazine groups is 1. The summed E-state index contributed by atoms with van der Waals surface area (Å²) in [6, 6.07) is 16.2. The number of amides is 4. The first-order valence-corrected chi connectivity index (χ1v) is 14.4. The van der Waals surface area contributed by atoms with Crippen LogP contribution >= 0.6 is 0 Å². The van der Waals surface area contributed by atoms with Crippen LogP contribution in [0, 0.1) is 24.0 Å². The molecule has 0 spiro atoms. The number of anilines is 1. The van der Waals surface area contributed by atoms with Crippen LogP contribution < -0.4 is 10.2 Å². The van der Waals surface area contributed by atoms with Crippen LogP contribution in [0.1, 0.15) is 16.7 Å². The van der Waals surface area contributed by atoms with E-state index in [1.807, 2.05) is 30.3 Å². The van der Waals surface area contributed by atoms with Gasteiger partial charge in [-0.3, -0.25) is 9.59 Å². The van der Waals surface area contributed by atoms with Gasteiger partial charge in [-0.25, -0.2) is 18.6 Å². The number of halogens is 2. The third-order valence-electron chi connectivity index (χ3n) is 7.93. The van der Waals surface area contributed by atoms with Crippen LogP contribution in [0.3, 0.4) is 0 Å². The molecule has 2 atom stereocenters. The molecule has 0 aliphatic carbocycles. The fourth-order valence-electron chi connectivity index (χ4n) is 5.82. The van der Waals surface area contributed by atoms with Crippen molar-refractivity contribution in [3.8, 4) is 18.1 Å². The smallest absolute Gasteiger partial charge is 0.334 e. The molecule has 2 aliphatic heterocycles. The Morgan fingerprint density at radius 3 is 2.40 bits per heavy atom. The van der Waals surface area contributed by atoms with Crippen LogP contribution in [-0.2, 0) is 29.1 Å². The van der Waals surface area contributed by atoms with Crippen molar-refractivity contribution >= 4 is 23.5 Å². The number of nitrogens with one attached hydrogen (secondary N) is 1. The quantitative estimate of drug-likeness (QED) is 0.378. The largest absolute Gasteiger partial charge is 0.508 e. The average molecular weight is 617 g/mol. The van der Waals surface area contributed by atoms with E-state index in [1.165, 1.54) is 32.0 Å². The van der Waals surface area contributed by atoms with Crippen molar-refractivity contribution in [1.82, 2.24) is 25.1 Å². The van der Waals surface area contributed by atoms with E-state index >= 15 is 0 Å². The summed E-state index contributed by atoms with van der Waals surface area (Å²) in [5, 5.41) is 15.5. The highest BCUT2D eigenvalue weighted by Crippen LogP contribution is 2.31. The predicted octanol–water partition coefficient (Wildman–Crippen LogP) is 2.92. The van der Waals surface area contributed by atoms with Gasteiger partial charge in [0.15, 0.2) is 11.6 Å². The number of piperazine rings is 1. The summed E-state index contributed by atoms with van der Waals surface area (Å²) in [6.07, 6.45) is 4.77. The molecule has 3 aromatic rings. The van der Waals surface area contributed by atoms with Crippen molar-refractivity contribution in [2.45, 2.75) is 31.7 Å². The number of urea groups is 1. The lowest BCUT2D eigenvalue weighted by molar-refractivity contribution is -0.189. The first kappa shape index (κ1) is 31.3. The highest BCUT2D eigenvalue weighted by atomic mass is 19.2. The minimum Gasteiger partial charge on any atom is -0.508 e. The van der Waals surface area contributed by atoms with Crippen LogP contribution in [0.15, 0.2) is 66.7 Å². The second-order valence-electron chi connectivity index (χ2n) is 11.2. The van der Waals surface area contributed by atoms with Gasteiger partial charge in [-0.1, -0.05) is 48.4 Å². The van der Waals surface area contributed by atoms with E-state index in [9.17, 15) is 28.3 Å². The van der Waals surface area contributed by atoms with Crippen LogP contribution in [0.4, 0.5) is 19.3 Å². The fourth-order valence-corrected chi connectivity index (χ4v) is 5.82. The first-order chi connectivity index (χ1) is 21.6. The van der Waals surface area contributed by atoms with Gasteiger partial charge in [0.2, 0.25) is 11.8 Å². The van der Waals surface area contributed by atoms with Crippen molar-refractivity contribution < 1.29 is 28.3 Å². The standard InChI is InChI=1S/C33H34F2N6O4/c1-4-14-39-21-31(43)40-29(15-22-10-12-25(42)13-11-22)32(44)38(19-24-16-26(34)27(35)17-28(24)37(2)3)20-30(40)41(39)33(45)36-18-23-8-6-5-7-9-23/h1,5-13,16-17,29-30,42H,14-15,18-21H2,2-3H3,(H,36,45)/t29-,30?/m0/s1. The topological polar surface area (TPSA) is 99.7 Å². The molecule has 2 aliphatic rings. The second kappa shape index (κ2) is 13.2. The monoisotopic (exact) mass is 616 g/mol. The van der Waals surface area contributed by atoms with E-state index in [0.717, 1.165) is 17.7 Å². The Morgan fingerprint density at radius 1 is 1.04 bits per heavy atom. The summed E-state index contributed by atoms with van der Waals surface area (Å²) < 4.78 is 28.7. The summed E-state index contributed by atoms with van der Waals surface area (Å²) in [5.74, 6) is -0.335. The first-order valence-electron chi connectivity index (χ1n) is 14.4. The maximum absolute atomic E-state index is 14.5. The van der Waals surface area contributed by atoms with Gasteiger partial charge >= 0.3 is 6.03 Å². The van der Waals surface area contributed by atoms with Crippen LogP contribution in [0.2, 0.25) is 0 Å². The van der Waals surface area contributed by atoms with E-state index in [0.29, 0.717) is 16.8 Å². The zero-order valence-corrected chi connectivity index (χ0v) is 25.0. The molecule has 2 fully saturated rings. The second-order valence-corrected chi connectivity index (χ2v) is 11.2. The predicted molar refractivity (Wildman–Crippen MR) is 163 cm³/mol. The lowest BCUT2D eigenvalue weighted by atomic mass is 9.98. The SMILES string of the molecule is C#CCN1CC(=O)N2C(CN(Cc3cc(F)c(F)cc3N(C)C)C(=O)[C@@H]2Cc2ccc(O)cc2)N1C(=O)NCc1ccccc1. The van der Waals surface area contributed by atoms with Gasteiger partial charge in [0.1, 0.15) is 18.0 Å². The van der Waals surface area contributed by atoms with Gasteiger partial charge in [0, 0.05) is 45.4 Å². The van der Waals surface area contributed by atoms with Crippen LogP contribution in [0.5, 0.6) is 5.75 Å². The van der Waals surface area contributed by atoms with Gasteiger partial charge < -0.3 is 25.1 Å². The summed E-state index contributed by atoms with van der Waals surface area (Å²) in [4.78, 5) is 46.2. The minimum atomic E-state index is -1.06. The molecule has 5 rings (SSSR count). The lowest BCUT2D eigenvalue weighted by Gasteiger charge is -2.55. The molecule has 10 nitrogen and oxygen atoms in total. The molecule has 45 heavy (non-hydrogen) atoms. The molecule has 4 amide bonds. The van der Waals surface area contributed by atoms with Gasteiger partial charge in [0.25, 0.3) is 0 Å². The number of nitrogens with zero attached hydrogens (tertiary/aromatic N) is 5. The van der Waals surface area contributed by atoms with E-state index in [2.05, 4.69) is 11.2 Å². The van der Waals surface area contributed by atoms with Gasteiger partial charge in [-0.15, -0.1) is 6.42 Å². The number of aromatic hydroxyl groups is 1. The van der Waals surface area contributed by atoms with Gasteiger partial charge in [0.05, 0.1) is 19.6 Å². The normalized spacial score (nSPS) is 18.4. The van der Waals surface area contributed by atoms with Gasteiger partial charge in [-0.05, 0) is 34.9 Å². The Morgan fingerprint density at radius 2 is 1.73 bits per heavy atom. The van der Waals surface area contributed by atoms with E-state index in [4.69, 9.17) is 6.42 Å². The molecule has 12 heteroatoms. The highest BCUT2D eigenvalue weighted by Gasteiger charge is 2.51. The lowest BCUT2D eigenvalue weighted by Crippen LogP contribution is -2.76. The van der Waals surface area contributed by atoms with Gasteiger partial charge in [-0.2, -0.15) is 5.01 Å². The Bertz CT molecular complexity index is 1610. The molecule has 0 bridgehead atoms. The summed E-state index contributed by atoms with van der Waals surface area (Å²) >= 11 is 0. The molecule has 2 N–H and O–H groups in total. The molecule has 2 saturated heterocycles. The average Bonchev–Trinajstić information content (AvgIpc) is 3.01. The summed E-state index contributed by atoms with van der Waals surface area (Å²) in [5.41, 5.74) is 2.27. The Kier molecular flexibility index (Phi) is 9.20. The molecule has 0 aromatic heterocycles. The number of terminal acetylenes is 1. The molecule has 2 heterocycles. The summed E-state index contributed by atoms with van der Waals surface area (Å²) in [7, 11) is 3.36. The van der Waals surface area contributed by atoms with Crippen molar-refractivity contribution in [2.75, 3.05) is 38.6 Å². The van der Waals surface area contributed by atoms with E-state index in [-0.39, 0.29) is 50.8 Å². The summed E-state index contributed by atoms with van der Waals surface area (Å²) in [6.45, 7) is -0.279. The van der Waals surface area contributed by atoms with Crippen molar-refractivity contribution in [2.24, 2.45) is 0 Å². The molecule has 234 valence electrons. The Labute approximate surface area is 260 Å². The Hall–Kier alpha value is -5.15. The molecular weight excluding hydrogens is 582 g/mol. The molecule has 0 saturated carbocycles.